The van der Waals surface area contributed by atoms with Gasteiger partial charge in [0.15, 0.2) is 0 Å². The number of nitrogens with one attached hydrogen (secondary N) is 3. The molecule has 0 aliphatic rings. The van der Waals surface area contributed by atoms with Crippen LogP contribution in [0.5, 0.6) is 5.75 Å². The molecule has 0 radical (unpaired) electrons. The van der Waals surface area contributed by atoms with Crippen molar-refractivity contribution in [2.24, 2.45) is 0 Å². The molecule has 2 aromatic rings. The van der Waals surface area contributed by atoms with Crippen molar-refractivity contribution in [3.05, 3.63) is 70.9 Å². The molecule has 0 heterocycles. The molecule has 0 fully saturated rings. The number of amides is 1. The van der Waals surface area contributed by atoms with Crippen LogP contribution in [0.1, 0.15) is 57.9 Å². The Hall–Kier alpha value is -2.88. The highest BCUT2D eigenvalue weighted by atomic mass is 35.5. The number of benzene rings is 2. The molecule has 2 rings (SSSR count). The summed E-state index contributed by atoms with van der Waals surface area (Å²) >= 11 is 6.43. The highest BCUT2D eigenvalue weighted by Gasteiger charge is 2.19. The van der Waals surface area contributed by atoms with Crippen LogP contribution in [0.25, 0.3) is 0 Å². The Kier molecular flexibility index (Phi) is 14.6. The van der Waals surface area contributed by atoms with E-state index < -0.39 is 15.9 Å². The zero-order valence-electron chi connectivity index (χ0n) is 22.9. The number of sulfonamides is 1. The lowest BCUT2D eigenvalue weighted by atomic mass is 10.1. The SMILES string of the molecule is CCCCCCCCOc1ccccc1NC(=O)/C(Cl)=C(\C=N)N(CC)CCNS(=O)(=O)Cc1ccccc1. The van der Waals surface area contributed by atoms with Gasteiger partial charge in [0, 0.05) is 25.8 Å². The Morgan fingerprint density at radius 1 is 1.00 bits per heavy atom. The molecule has 0 spiro atoms. The van der Waals surface area contributed by atoms with Crippen LogP contribution in [0.2, 0.25) is 0 Å². The fraction of sp³-hybridized carbons (Fsp3) is 0.448. The number of allylic oxidation sites excluding steroid dienone is 1. The maximum absolute atomic E-state index is 13.0. The zero-order chi connectivity index (χ0) is 28.5. The molecule has 0 unspecified atom stereocenters. The van der Waals surface area contributed by atoms with E-state index in [1.807, 2.05) is 19.1 Å². The van der Waals surface area contributed by atoms with E-state index in [0.29, 0.717) is 30.2 Å². The minimum atomic E-state index is -3.54. The summed E-state index contributed by atoms with van der Waals surface area (Å²) in [5.41, 5.74) is 1.38. The third-order valence-corrected chi connectivity index (χ3v) is 7.80. The van der Waals surface area contributed by atoms with Gasteiger partial charge in [0.1, 0.15) is 10.8 Å². The standard InChI is InChI=1S/C29H41ClN4O4S/c1-3-5-6-7-8-14-21-38-27-18-13-12-17-25(27)33-29(35)28(30)26(22-31)34(4-2)20-19-32-39(36,37)23-24-15-10-9-11-16-24/h9-13,15-18,22,31-32H,3-8,14,19-21,23H2,1-2H3,(H,33,35)/b28-26-,31-22?. The summed E-state index contributed by atoms with van der Waals surface area (Å²) in [6.07, 6.45) is 7.92. The number of para-hydroxylation sites is 2. The van der Waals surface area contributed by atoms with Crippen molar-refractivity contribution in [3.8, 4) is 5.75 Å². The molecule has 0 bridgehead atoms. The predicted molar refractivity (Wildman–Crippen MR) is 160 cm³/mol. The summed E-state index contributed by atoms with van der Waals surface area (Å²) in [4.78, 5) is 14.7. The van der Waals surface area contributed by atoms with Gasteiger partial charge in [-0.25, -0.2) is 13.1 Å². The van der Waals surface area contributed by atoms with Crippen LogP contribution >= 0.6 is 11.6 Å². The summed E-state index contributed by atoms with van der Waals surface area (Å²) in [5, 5.41) is 10.5. The van der Waals surface area contributed by atoms with Crippen molar-refractivity contribution in [1.82, 2.24) is 9.62 Å². The van der Waals surface area contributed by atoms with Crippen molar-refractivity contribution < 1.29 is 17.9 Å². The van der Waals surface area contributed by atoms with Crippen LogP contribution in [0.15, 0.2) is 65.3 Å². The molecule has 1 amide bonds. The van der Waals surface area contributed by atoms with E-state index in [1.54, 1.807) is 47.4 Å². The lowest BCUT2D eigenvalue weighted by Gasteiger charge is -2.24. The van der Waals surface area contributed by atoms with Gasteiger partial charge >= 0.3 is 0 Å². The van der Waals surface area contributed by atoms with Gasteiger partial charge < -0.3 is 20.4 Å². The number of anilines is 1. The first-order valence-electron chi connectivity index (χ1n) is 13.5. The summed E-state index contributed by atoms with van der Waals surface area (Å²) in [5.74, 6) is -0.147. The van der Waals surface area contributed by atoms with Gasteiger partial charge in [0.25, 0.3) is 5.91 Å². The number of likely N-dealkylation sites (N-methyl/N-ethyl adjacent to an activating group) is 1. The van der Waals surface area contributed by atoms with E-state index in [4.69, 9.17) is 21.7 Å². The number of hydrogen-bond donors (Lipinski definition) is 3. The molecule has 39 heavy (non-hydrogen) atoms. The molecule has 2 aromatic carbocycles. The molecule has 3 N–H and O–H groups in total. The first kappa shape index (κ1) is 32.3. The van der Waals surface area contributed by atoms with Gasteiger partial charge in [-0.2, -0.15) is 0 Å². The van der Waals surface area contributed by atoms with Gasteiger partial charge in [-0.1, -0.05) is 93.1 Å². The minimum Gasteiger partial charge on any atom is -0.491 e. The first-order chi connectivity index (χ1) is 18.8. The predicted octanol–water partition coefficient (Wildman–Crippen LogP) is 5.91. The third-order valence-electron chi connectivity index (χ3n) is 6.08. The monoisotopic (exact) mass is 576 g/mol. The second kappa shape index (κ2) is 17.7. The second-order valence-electron chi connectivity index (χ2n) is 9.13. The molecule has 8 nitrogen and oxygen atoms in total. The molecule has 0 aliphatic heterocycles. The maximum Gasteiger partial charge on any atom is 0.269 e. The van der Waals surface area contributed by atoms with Gasteiger partial charge in [0.05, 0.1) is 23.7 Å². The van der Waals surface area contributed by atoms with Crippen molar-refractivity contribution in [1.29, 1.82) is 5.41 Å². The van der Waals surface area contributed by atoms with Gasteiger partial charge in [0.2, 0.25) is 10.0 Å². The number of carbonyl (C=O) groups is 1. The summed E-state index contributed by atoms with van der Waals surface area (Å²) < 4.78 is 33.4. The van der Waals surface area contributed by atoms with Crippen molar-refractivity contribution >= 4 is 39.4 Å². The lowest BCUT2D eigenvalue weighted by Crippen LogP contribution is -2.36. The van der Waals surface area contributed by atoms with Gasteiger partial charge in [-0.3, -0.25) is 4.79 Å². The van der Waals surface area contributed by atoms with E-state index in [0.717, 1.165) is 19.1 Å². The largest absolute Gasteiger partial charge is 0.491 e. The molecule has 0 saturated heterocycles. The average Bonchev–Trinajstić information content (AvgIpc) is 2.93. The number of nitrogens with zero attached hydrogens (tertiary/aromatic N) is 1. The second-order valence-corrected chi connectivity index (χ2v) is 11.3. The highest BCUT2D eigenvalue weighted by molar-refractivity contribution is 7.88. The van der Waals surface area contributed by atoms with E-state index in [-0.39, 0.29) is 29.6 Å². The average molecular weight is 577 g/mol. The number of unbranched alkanes of at least 4 members (excludes halogenated alkanes) is 5. The Labute approximate surface area is 238 Å². The summed E-state index contributed by atoms with van der Waals surface area (Å²) in [7, 11) is -3.54. The van der Waals surface area contributed by atoms with Gasteiger partial charge in [-0.05, 0) is 31.0 Å². The summed E-state index contributed by atoms with van der Waals surface area (Å²) in [6, 6.07) is 16.1. The van der Waals surface area contributed by atoms with E-state index in [9.17, 15) is 13.2 Å². The molecule has 0 atom stereocenters. The fourth-order valence-corrected chi connectivity index (χ4v) is 5.33. The molecular weight excluding hydrogens is 536 g/mol. The molecule has 10 heteroatoms. The van der Waals surface area contributed by atoms with Crippen LogP contribution in [0.3, 0.4) is 0 Å². The van der Waals surface area contributed by atoms with Crippen LogP contribution in [-0.2, 0) is 20.6 Å². The van der Waals surface area contributed by atoms with Gasteiger partial charge in [-0.15, -0.1) is 0 Å². The van der Waals surface area contributed by atoms with Crippen LogP contribution in [0, 0.1) is 5.41 Å². The number of ether oxygens (including phenoxy) is 1. The van der Waals surface area contributed by atoms with E-state index in [1.165, 1.54) is 25.7 Å². The quantitative estimate of drug-likeness (QED) is 0.109. The van der Waals surface area contributed by atoms with E-state index >= 15 is 0 Å². The van der Waals surface area contributed by atoms with Crippen molar-refractivity contribution in [2.75, 3.05) is 31.6 Å². The van der Waals surface area contributed by atoms with Crippen LogP contribution in [0.4, 0.5) is 5.69 Å². The Morgan fingerprint density at radius 2 is 1.67 bits per heavy atom. The molecule has 0 aliphatic carbocycles. The number of hydrogen-bond acceptors (Lipinski definition) is 6. The maximum atomic E-state index is 13.0. The highest BCUT2D eigenvalue weighted by Crippen LogP contribution is 2.26. The number of halogens is 1. The first-order valence-corrected chi connectivity index (χ1v) is 15.5. The normalized spacial score (nSPS) is 12.0. The van der Waals surface area contributed by atoms with Crippen molar-refractivity contribution in [3.63, 3.8) is 0 Å². The van der Waals surface area contributed by atoms with Crippen LogP contribution < -0.4 is 14.8 Å². The molecule has 0 aromatic heterocycles. The Bertz CT molecular complexity index is 1170. The Balaban J connectivity index is 1.97. The molecule has 214 valence electrons. The lowest BCUT2D eigenvalue weighted by molar-refractivity contribution is -0.112. The molecule has 0 saturated carbocycles. The third kappa shape index (κ3) is 11.8. The minimum absolute atomic E-state index is 0.0985. The summed E-state index contributed by atoms with van der Waals surface area (Å²) in [6.45, 7) is 5.34. The smallest absolute Gasteiger partial charge is 0.269 e. The fourth-order valence-electron chi connectivity index (χ4n) is 3.98. The number of carbonyl (C=O) groups excluding carboxylic acids is 1. The van der Waals surface area contributed by atoms with Crippen molar-refractivity contribution in [2.45, 2.75) is 58.1 Å². The zero-order valence-corrected chi connectivity index (χ0v) is 24.5. The number of rotatable bonds is 19. The van der Waals surface area contributed by atoms with E-state index in [2.05, 4.69) is 17.0 Å². The molecular formula is C29H41ClN4O4S. The Morgan fingerprint density at radius 3 is 2.36 bits per heavy atom. The topological polar surface area (TPSA) is 112 Å². The van der Waals surface area contributed by atoms with Crippen LogP contribution in [-0.4, -0.2) is 51.7 Å².